The fraction of sp³-hybridized carbons (Fsp3) is 0.214. The largest absolute Gasteiger partial charge is 0.493 e. The van der Waals surface area contributed by atoms with E-state index in [0.717, 1.165) is 30.5 Å². The Bertz CT molecular complexity index is 1460. The van der Waals surface area contributed by atoms with Crippen LogP contribution in [0.2, 0.25) is 0 Å². The molecule has 10 heteroatoms. The van der Waals surface area contributed by atoms with E-state index in [2.05, 4.69) is 69.6 Å². The van der Waals surface area contributed by atoms with Crippen LogP contribution in [0.5, 0.6) is 11.5 Å². The van der Waals surface area contributed by atoms with Crippen LogP contribution in [0.25, 0.3) is 10.6 Å². The number of benzene rings is 3. The van der Waals surface area contributed by atoms with Gasteiger partial charge < -0.3 is 9.47 Å². The third kappa shape index (κ3) is 7.21. The van der Waals surface area contributed by atoms with Crippen molar-refractivity contribution in [2.45, 2.75) is 31.7 Å². The molecule has 0 radical (unpaired) electrons. The van der Waals surface area contributed by atoms with Crippen molar-refractivity contribution in [3.8, 4) is 22.1 Å². The molecular formula is C28H27BrN4O3S2. The SMILES string of the molecule is COc1cc(C=NNC(=O)CSc2nnc(-c3ccccc3)s2)cc(Br)c1OCc1cc(C)c(C)cc1C. The van der Waals surface area contributed by atoms with Gasteiger partial charge in [-0.05, 0) is 76.7 Å². The minimum Gasteiger partial charge on any atom is -0.493 e. The van der Waals surface area contributed by atoms with Gasteiger partial charge in [0.1, 0.15) is 11.6 Å². The van der Waals surface area contributed by atoms with Gasteiger partial charge >= 0.3 is 0 Å². The lowest BCUT2D eigenvalue weighted by Gasteiger charge is -2.15. The second kappa shape index (κ2) is 13.0. The first-order chi connectivity index (χ1) is 18.3. The first-order valence-corrected chi connectivity index (χ1v) is 14.3. The Labute approximate surface area is 238 Å². The number of carbonyl (C=O) groups is 1. The van der Waals surface area contributed by atoms with Gasteiger partial charge in [0, 0.05) is 5.56 Å². The van der Waals surface area contributed by atoms with Crippen molar-refractivity contribution in [1.82, 2.24) is 15.6 Å². The van der Waals surface area contributed by atoms with Crippen LogP contribution in [0, 0.1) is 20.8 Å². The zero-order chi connectivity index (χ0) is 27.1. The van der Waals surface area contributed by atoms with E-state index in [0.29, 0.717) is 18.1 Å². The molecule has 7 nitrogen and oxygen atoms in total. The maximum absolute atomic E-state index is 12.3. The molecule has 0 saturated heterocycles. The molecule has 0 aliphatic rings. The molecule has 0 bridgehead atoms. The number of hydrazone groups is 1. The van der Waals surface area contributed by atoms with Crippen LogP contribution in [0.1, 0.15) is 27.8 Å². The summed E-state index contributed by atoms with van der Waals surface area (Å²) in [7, 11) is 1.59. The van der Waals surface area contributed by atoms with Gasteiger partial charge in [-0.3, -0.25) is 4.79 Å². The Hall–Kier alpha value is -3.21. The highest BCUT2D eigenvalue weighted by molar-refractivity contribution is 9.10. The Kier molecular flexibility index (Phi) is 9.54. The molecule has 4 rings (SSSR count). The summed E-state index contributed by atoms with van der Waals surface area (Å²) < 4.78 is 13.1. The third-order valence-corrected chi connectivity index (χ3v) is 8.43. The lowest BCUT2D eigenvalue weighted by atomic mass is 10.0. The maximum atomic E-state index is 12.3. The van der Waals surface area contributed by atoms with Crippen molar-refractivity contribution in [2.75, 3.05) is 12.9 Å². The van der Waals surface area contributed by atoms with E-state index in [1.54, 1.807) is 13.3 Å². The molecule has 38 heavy (non-hydrogen) atoms. The highest BCUT2D eigenvalue weighted by atomic mass is 79.9. The number of nitrogens with zero attached hydrogens (tertiary/aromatic N) is 3. The minimum absolute atomic E-state index is 0.179. The molecule has 0 unspecified atom stereocenters. The van der Waals surface area contributed by atoms with Crippen LogP contribution in [0.3, 0.4) is 0 Å². The highest BCUT2D eigenvalue weighted by Crippen LogP contribution is 2.37. The van der Waals surface area contributed by atoms with Crippen LogP contribution in [-0.4, -0.2) is 35.2 Å². The molecule has 3 aromatic carbocycles. The number of aryl methyl sites for hydroxylation is 3. The summed E-state index contributed by atoms with van der Waals surface area (Å²) in [6, 6.07) is 17.8. The van der Waals surface area contributed by atoms with Gasteiger partial charge in [0.05, 0.1) is 23.5 Å². The zero-order valence-corrected chi connectivity index (χ0v) is 24.7. The standard InChI is InChI=1S/C28H27BrN4O3S2/c1-17-10-19(3)22(11-18(17)2)15-36-26-23(29)12-20(13-24(26)35-4)14-30-31-25(34)16-37-28-33-32-27(38-28)21-8-6-5-7-9-21/h5-14H,15-16H2,1-4H3,(H,31,34). The van der Waals surface area contributed by atoms with E-state index in [1.807, 2.05) is 42.5 Å². The first kappa shape index (κ1) is 27.8. The topological polar surface area (TPSA) is 85.7 Å². The Morgan fingerprint density at radius 1 is 1.08 bits per heavy atom. The molecule has 196 valence electrons. The number of hydrogen-bond acceptors (Lipinski definition) is 8. The monoisotopic (exact) mass is 610 g/mol. The summed E-state index contributed by atoms with van der Waals surface area (Å²) in [6.45, 7) is 6.71. The van der Waals surface area contributed by atoms with Crippen LogP contribution >= 0.6 is 39.0 Å². The molecule has 1 amide bonds. The minimum atomic E-state index is -0.238. The van der Waals surface area contributed by atoms with Crippen LogP contribution in [-0.2, 0) is 11.4 Å². The highest BCUT2D eigenvalue weighted by Gasteiger charge is 2.13. The predicted molar refractivity (Wildman–Crippen MR) is 157 cm³/mol. The quantitative estimate of drug-likeness (QED) is 0.122. The molecule has 0 atom stereocenters. The van der Waals surface area contributed by atoms with Crippen LogP contribution < -0.4 is 14.9 Å². The van der Waals surface area contributed by atoms with Crippen molar-refractivity contribution < 1.29 is 14.3 Å². The van der Waals surface area contributed by atoms with E-state index in [4.69, 9.17) is 9.47 Å². The van der Waals surface area contributed by atoms with Gasteiger partial charge in [0.2, 0.25) is 0 Å². The summed E-state index contributed by atoms with van der Waals surface area (Å²) in [5.74, 6) is 1.11. The van der Waals surface area contributed by atoms with E-state index in [9.17, 15) is 4.79 Å². The lowest BCUT2D eigenvalue weighted by Crippen LogP contribution is -2.19. The van der Waals surface area contributed by atoms with Gasteiger partial charge in [-0.15, -0.1) is 10.2 Å². The second-order valence-corrected chi connectivity index (χ2v) is 11.6. The number of rotatable bonds is 10. The van der Waals surface area contributed by atoms with Crippen molar-refractivity contribution in [2.24, 2.45) is 5.10 Å². The molecule has 1 heterocycles. The van der Waals surface area contributed by atoms with E-state index in [-0.39, 0.29) is 11.7 Å². The number of hydrogen-bond donors (Lipinski definition) is 1. The van der Waals surface area contributed by atoms with Gasteiger partial charge in [-0.25, -0.2) is 5.43 Å². The van der Waals surface area contributed by atoms with Gasteiger partial charge in [-0.2, -0.15) is 5.10 Å². The summed E-state index contributed by atoms with van der Waals surface area (Å²) >= 11 is 6.35. The molecule has 0 spiro atoms. The fourth-order valence-corrected chi connectivity index (χ4v) is 5.81. The molecule has 1 aromatic heterocycles. The Morgan fingerprint density at radius 2 is 1.84 bits per heavy atom. The van der Waals surface area contributed by atoms with Crippen molar-refractivity contribution in [3.05, 3.63) is 86.9 Å². The molecule has 4 aromatic rings. The number of nitrogens with one attached hydrogen (secondary N) is 1. The van der Waals surface area contributed by atoms with Crippen molar-refractivity contribution in [3.63, 3.8) is 0 Å². The third-order valence-electron chi connectivity index (χ3n) is 5.73. The summed E-state index contributed by atoms with van der Waals surface area (Å²) in [4.78, 5) is 12.3. The van der Waals surface area contributed by atoms with Crippen LogP contribution in [0.4, 0.5) is 0 Å². The summed E-state index contributed by atoms with van der Waals surface area (Å²) in [5, 5.41) is 13.3. The molecule has 0 aliphatic heterocycles. The number of carbonyl (C=O) groups excluding carboxylic acids is 1. The fourth-order valence-electron chi connectivity index (χ4n) is 3.58. The molecule has 1 N–H and O–H groups in total. The number of halogens is 1. The number of aromatic nitrogens is 2. The second-order valence-electron chi connectivity index (χ2n) is 8.51. The summed E-state index contributed by atoms with van der Waals surface area (Å²) in [5.41, 5.74) is 9.10. The normalized spacial score (nSPS) is 11.1. The average Bonchev–Trinajstić information content (AvgIpc) is 3.39. The Morgan fingerprint density at radius 3 is 2.61 bits per heavy atom. The average molecular weight is 612 g/mol. The summed E-state index contributed by atoms with van der Waals surface area (Å²) in [6.07, 6.45) is 1.56. The molecule has 0 aliphatic carbocycles. The van der Waals surface area contributed by atoms with Crippen molar-refractivity contribution in [1.29, 1.82) is 0 Å². The van der Waals surface area contributed by atoms with Gasteiger partial charge in [0.25, 0.3) is 5.91 Å². The number of methoxy groups -OCH3 is 1. The Balaban J connectivity index is 1.33. The van der Waals surface area contributed by atoms with Crippen LogP contribution in [0.15, 0.2) is 68.5 Å². The van der Waals surface area contributed by atoms with Gasteiger partial charge in [0.15, 0.2) is 15.8 Å². The van der Waals surface area contributed by atoms with Crippen molar-refractivity contribution >= 4 is 51.2 Å². The molecule has 0 fully saturated rings. The molecule has 0 saturated carbocycles. The zero-order valence-electron chi connectivity index (χ0n) is 21.4. The first-order valence-electron chi connectivity index (χ1n) is 11.7. The predicted octanol–water partition coefficient (Wildman–Crippen LogP) is 6.72. The number of amides is 1. The van der Waals surface area contributed by atoms with E-state index >= 15 is 0 Å². The van der Waals surface area contributed by atoms with E-state index in [1.165, 1.54) is 39.8 Å². The number of thioether (sulfide) groups is 1. The smallest absolute Gasteiger partial charge is 0.250 e. The maximum Gasteiger partial charge on any atom is 0.250 e. The molecular weight excluding hydrogens is 584 g/mol. The van der Waals surface area contributed by atoms with E-state index < -0.39 is 0 Å². The van der Waals surface area contributed by atoms with Gasteiger partial charge in [-0.1, -0.05) is 65.6 Å². The lowest BCUT2D eigenvalue weighted by molar-refractivity contribution is -0.118. The number of ether oxygens (including phenoxy) is 2.